The number of methoxy groups -OCH3 is 1. The molecule has 2 N–H and O–H groups in total. The molecule has 0 amide bonds. The molecule has 0 unspecified atom stereocenters. The molecule has 1 aliphatic rings. The zero-order valence-electron chi connectivity index (χ0n) is 19.1. The topological polar surface area (TPSA) is 116 Å². The molecule has 36 heavy (non-hydrogen) atoms. The Hall–Kier alpha value is -2.98. The van der Waals surface area contributed by atoms with Crippen molar-refractivity contribution in [3.8, 4) is 0 Å². The second-order valence-electron chi connectivity index (χ2n) is 7.16. The maximum Gasteiger partial charge on any atom is 0.490 e. The lowest BCUT2D eigenvalue weighted by molar-refractivity contribution is -0.193. The van der Waals surface area contributed by atoms with Crippen LogP contribution in [0.2, 0.25) is 0 Å². The molecule has 0 spiro atoms. The van der Waals surface area contributed by atoms with Crippen LogP contribution in [0.15, 0.2) is 23.7 Å². The third kappa shape index (κ3) is 11.2. The van der Waals surface area contributed by atoms with Gasteiger partial charge in [0.25, 0.3) is 0 Å². The number of aliphatic carboxylic acids is 2. The molecule has 16 heteroatoms. The monoisotopic (exact) mass is 546 g/mol. The smallest absolute Gasteiger partial charge is 0.475 e. The molecule has 0 fully saturated rings. The molecule has 3 rings (SSSR count). The van der Waals surface area contributed by atoms with E-state index in [9.17, 15) is 26.3 Å². The zero-order valence-corrected chi connectivity index (χ0v) is 20.0. The number of halogens is 6. The Morgan fingerprint density at radius 3 is 2.14 bits per heavy atom. The van der Waals surface area contributed by atoms with Crippen molar-refractivity contribution >= 4 is 29.1 Å². The average Bonchev–Trinajstić information content (AvgIpc) is 3.21. The first-order chi connectivity index (χ1) is 16.6. The summed E-state index contributed by atoms with van der Waals surface area (Å²) in [7, 11) is 1.75. The highest BCUT2D eigenvalue weighted by molar-refractivity contribution is 7.09. The Morgan fingerprint density at radius 2 is 1.67 bits per heavy atom. The molecule has 1 aliphatic heterocycles. The van der Waals surface area contributed by atoms with Crippen molar-refractivity contribution in [2.24, 2.45) is 0 Å². The normalized spacial score (nSPS) is 13.9. The number of thiazole rings is 1. The van der Waals surface area contributed by atoms with E-state index in [1.165, 1.54) is 10.6 Å². The lowest BCUT2D eigenvalue weighted by atomic mass is 10.2. The Kier molecular flexibility index (Phi) is 12.0. The van der Waals surface area contributed by atoms with E-state index in [0.717, 1.165) is 50.8 Å². The molecule has 0 bridgehead atoms. The van der Waals surface area contributed by atoms with Crippen molar-refractivity contribution in [1.82, 2.24) is 14.9 Å². The summed E-state index contributed by atoms with van der Waals surface area (Å²) in [6.07, 6.45) is -8.29. The number of fused-ring (bicyclic) bond motifs is 1. The average molecular weight is 546 g/mol. The highest BCUT2D eigenvalue weighted by Crippen LogP contribution is 2.24. The van der Waals surface area contributed by atoms with Crippen LogP contribution in [0.3, 0.4) is 0 Å². The minimum atomic E-state index is -5.08. The van der Waals surface area contributed by atoms with Crippen molar-refractivity contribution in [3.05, 3.63) is 40.0 Å². The van der Waals surface area contributed by atoms with Crippen LogP contribution < -0.4 is 4.90 Å². The number of carboxylic acids is 2. The second kappa shape index (κ2) is 13.9. The fraction of sp³-hybridized carbons (Fsp3) is 0.500. The largest absolute Gasteiger partial charge is 0.490 e. The minimum Gasteiger partial charge on any atom is -0.475 e. The minimum absolute atomic E-state index is 0.724. The van der Waals surface area contributed by atoms with Gasteiger partial charge in [0, 0.05) is 56.1 Å². The number of hydrogen-bond donors (Lipinski definition) is 2. The number of carbonyl (C=O) groups is 2. The van der Waals surface area contributed by atoms with E-state index in [1.807, 2.05) is 18.5 Å². The Balaban J connectivity index is 0.000000383. The number of pyridine rings is 1. The molecule has 0 saturated carbocycles. The number of alkyl halides is 6. The lowest BCUT2D eigenvalue weighted by Gasteiger charge is -2.23. The van der Waals surface area contributed by atoms with Gasteiger partial charge in [-0.25, -0.2) is 19.6 Å². The van der Waals surface area contributed by atoms with Gasteiger partial charge in [-0.05, 0) is 13.0 Å². The SMILES string of the molecule is COCCN1CCN(Cc2nccs2)Cc2ccc(C)nc21.O=C(O)C(F)(F)F.O=C(O)C(F)(F)F. The summed E-state index contributed by atoms with van der Waals surface area (Å²) in [5.74, 6) is -4.40. The van der Waals surface area contributed by atoms with Crippen molar-refractivity contribution in [3.63, 3.8) is 0 Å². The number of hydrogen-bond acceptors (Lipinski definition) is 8. The summed E-state index contributed by atoms with van der Waals surface area (Å²) >= 11 is 1.72. The standard InChI is InChI=1S/C16H22N4OS.2C2HF3O2/c1-13-3-4-14-11-19(12-15-17-5-10-22-15)6-7-20(8-9-21-2)16(14)18-13;2*3-2(4,5)1(6)7/h3-5,10H,6-9,11-12H2,1-2H3;2*(H,6,7). The van der Waals surface area contributed by atoms with Gasteiger partial charge in [-0.1, -0.05) is 6.07 Å². The molecule has 0 radical (unpaired) electrons. The van der Waals surface area contributed by atoms with Gasteiger partial charge in [0.2, 0.25) is 0 Å². The molecule has 0 aromatic carbocycles. The molecule has 202 valence electrons. The third-order valence-electron chi connectivity index (χ3n) is 4.37. The lowest BCUT2D eigenvalue weighted by Crippen LogP contribution is -2.33. The number of rotatable bonds is 5. The summed E-state index contributed by atoms with van der Waals surface area (Å²) < 4.78 is 68.7. The summed E-state index contributed by atoms with van der Waals surface area (Å²) in [6.45, 7) is 7.46. The van der Waals surface area contributed by atoms with Crippen molar-refractivity contribution in [1.29, 1.82) is 0 Å². The van der Waals surface area contributed by atoms with Crippen molar-refractivity contribution in [2.45, 2.75) is 32.4 Å². The first-order valence-corrected chi connectivity index (χ1v) is 10.9. The highest BCUT2D eigenvalue weighted by Gasteiger charge is 2.38. The molecule has 3 heterocycles. The first-order valence-electron chi connectivity index (χ1n) is 10.1. The zero-order chi connectivity index (χ0) is 27.5. The van der Waals surface area contributed by atoms with E-state index in [-0.39, 0.29) is 0 Å². The molecular formula is C20H24F6N4O5S. The van der Waals surface area contributed by atoms with E-state index in [1.54, 1.807) is 18.4 Å². The second-order valence-corrected chi connectivity index (χ2v) is 8.14. The van der Waals surface area contributed by atoms with Crippen LogP contribution in [0, 0.1) is 6.92 Å². The van der Waals surface area contributed by atoms with Gasteiger partial charge in [0.1, 0.15) is 10.8 Å². The fourth-order valence-electron chi connectivity index (χ4n) is 2.73. The Morgan fingerprint density at radius 1 is 1.08 bits per heavy atom. The highest BCUT2D eigenvalue weighted by atomic mass is 32.1. The van der Waals surface area contributed by atoms with E-state index in [2.05, 4.69) is 26.9 Å². The van der Waals surface area contributed by atoms with E-state index >= 15 is 0 Å². The Labute approximate surface area is 205 Å². The van der Waals surface area contributed by atoms with E-state index in [0.29, 0.717) is 0 Å². The molecular weight excluding hydrogens is 522 g/mol. The number of aryl methyl sites for hydroxylation is 1. The van der Waals surface area contributed by atoms with Gasteiger partial charge in [0.05, 0.1) is 13.2 Å². The predicted molar refractivity (Wildman–Crippen MR) is 117 cm³/mol. The number of carboxylic acid groups (broad SMARTS) is 2. The number of anilines is 1. The first kappa shape index (κ1) is 31.1. The van der Waals surface area contributed by atoms with Crippen LogP contribution in [-0.4, -0.2) is 82.7 Å². The van der Waals surface area contributed by atoms with Gasteiger partial charge in [-0.15, -0.1) is 11.3 Å². The van der Waals surface area contributed by atoms with Crippen LogP contribution in [0.5, 0.6) is 0 Å². The quantitative estimate of drug-likeness (QED) is 0.543. The van der Waals surface area contributed by atoms with Crippen LogP contribution in [-0.2, 0) is 27.4 Å². The van der Waals surface area contributed by atoms with Gasteiger partial charge in [0.15, 0.2) is 0 Å². The summed E-state index contributed by atoms with van der Waals surface area (Å²) in [6, 6.07) is 4.30. The summed E-state index contributed by atoms with van der Waals surface area (Å²) in [5.41, 5.74) is 2.35. The summed E-state index contributed by atoms with van der Waals surface area (Å²) in [4.78, 5) is 31.8. The van der Waals surface area contributed by atoms with Crippen molar-refractivity contribution < 1.29 is 50.9 Å². The van der Waals surface area contributed by atoms with Gasteiger partial charge in [-0.3, -0.25) is 4.90 Å². The molecule has 0 atom stereocenters. The maximum atomic E-state index is 10.6. The molecule has 2 aromatic heterocycles. The van der Waals surface area contributed by atoms with Gasteiger partial charge in [-0.2, -0.15) is 26.3 Å². The van der Waals surface area contributed by atoms with Crippen LogP contribution >= 0.6 is 11.3 Å². The van der Waals surface area contributed by atoms with E-state index < -0.39 is 24.3 Å². The van der Waals surface area contributed by atoms with Gasteiger partial charge < -0.3 is 19.8 Å². The third-order valence-corrected chi connectivity index (χ3v) is 5.13. The fourth-order valence-corrected chi connectivity index (χ4v) is 3.39. The Bertz CT molecular complexity index is 948. The summed E-state index contributed by atoms with van der Waals surface area (Å²) in [5, 5.41) is 17.5. The van der Waals surface area contributed by atoms with Crippen LogP contribution in [0.4, 0.5) is 32.2 Å². The number of ether oxygens (including phenoxy) is 1. The predicted octanol–water partition coefficient (Wildman–Crippen LogP) is 3.58. The molecule has 0 saturated heterocycles. The van der Waals surface area contributed by atoms with E-state index in [4.69, 9.17) is 29.5 Å². The van der Waals surface area contributed by atoms with Crippen LogP contribution in [0.1, 0.15) is 16.3 Å². The van der Waals surface area contributed by atoms with Crippen molar-refractivity contribution in [2.75, 3.05) is 38.3 Å². The van der Waals surface area contributed by atoms with Crippen LogP contribution in [0.25, 0.3) is 0 Å². The van der Waals surface area contributed by atoms with Gasteiger partial charge >= 0.3 is 24.3 Å². The molecule has 2 aromatic rings. The number of nitrogens with zero attached hydrogens (tertiary/aromatic N) is 4. The molecule has 9 nitrogen and oxygen atoms in total. The molecule has 0 aliphatic carbocycles. The number of aromatic nitrogens is 2. The maximum absolute atomic E-state index is 10.6.